The van der Waals surface area contributed by atoms with Crippen LogP contribution in [0, 0.1) is 0 Å². The summed E-state index contributed by atoms with van der Waals surface area (Å²) in [5.41, 5.74) is 26.0. The molecule has 0 radical (unpaired) electrons. The molecule has 0 spiro atoms. The maximum atomic E-state index is 2.44. The van der Waals surface area contributed by atoms with Gasteiger partial charge in [0.2, 0.25) is 0 Å². The van der Waals surface area contributed by atoms with Gasteiger partial charge < -0.3 is 4.57 Å². The monoisotopic (exact) mass is 863 g/mol. The summed E-state index contributed by atoms with van der Waals surface area (Å²) in [6.07, 6.45) is 0.945. The number of benzene rings is 11. The Balaban J connectivity index is 0.798. The Hall–Kier alpha value is -8.78. The molecule has 0 N–H and O–H groups in total. The molecule has 1 nitrogen and oxygen atoms in total. The van der Waals surface area contributed by atoms with Gasteiger partial charge in [-0.1, -0.05) is 194 Å². The van der Waals surface area contributed by atoms with E-state index in [1.807, 2.05) is 0 Å². The van der Waals surface area contributed by atoms with Crippen LogP contribution in [0.1, 0.15) is 11.1 Å². The Bertz CT molecular complexity index is 3870. The summed E-state index contributed by atoms with van der Waals surface area (Å²) in [6, 6.07) is 95.9. The molecular weight excluding hydrogens is 819 g/mol. The smallest absolute Gasteiger partial charge is 0.0541 e. The third kappa shape index (κ3) is 7.13. The Morgan fingerprint density at radius 3 is 1.07 bits per heavy atom. The van der Waals surface area contributed by atoms with Gasteiger partial charge in [-0.25, -0.2) is 0 Å². The summed E-state index contributed by atoms with van der Waals surface area (Å²) >= 11 is 0. The lowest BCUT2D eigenvalue weighted by molar-refractivity contribution is 1.17. The van der Waals surface area contributed by atoms with Crippen molar-refractivity contribution in [3.05, 3.63) is 272 Å². The number of hydrogen-bond acceptors (Lipinski definition) is 0. The predicted octanol–water partition coefficient (Wildman–Crippen LogP) is 18.0. The van der Waals surface area contributed by atoms with Crippen LogP contribution in [-0.2, 0) is 6.42 Å². The highest BCUT2D eigenvalue weighted by Gasteiger charge is 2.22. The van der Waals surface area contributed by atoms with E-state index in [-0.39, 0.29) is 0 Å². The molecule has 1 aromatic heterocycles. The lowest BCUT2D eigenvalue weighted by Crippen LogP contribution is -1.95. The molecule has 11 aromatic carbocycles. The van der Waals surface area contributed by atoms with E-state index in [4.69, 9.17) is 0 Å². The van der Waals surface area contributed by atoms with E-state index in [2.05, 4.69) is 265 Å². The van der Waals surface area contributed by atoms with E-state index in [9.17, 15) is 0 Å². The number of hydrogen-bond donors (Lipinski definition) is 0. The van der Waals surface area contributed by atoms with Crippen LogP contribution in [0.4, 0.5) is 0 Å². The molecule has 0 unspecified atom stereocenters. The maximum absolute atomic E-state index is 2.44. The molecule has 12 aromatic rings. The molecule has 1 aliphatic rings. The molecule has 1 heterocycles. The van der Waals surface area contributed by atoms with Crippen LogP contribution in [0.3, 0.4) is 0 Å². The number of rotatable bonds is 8. The van der Waals surface area contributed by atoms with Crippen molar-refractivity contribution in [3.8, 4) is 94.7 Å². The normalized spacial score (nSPS) is 11.8. The average molecular weight is 864 g/mol. The van der Waals surface area contributed by atoms with Crippen molar-refractivity contribution in [1.82, 2.24) is 4.57 Å². The molecule has 0 fully saturated rings. The molecule has 0 amide bonds. The van der Waals surface area contributed by atoms with Gasteiger partial charge in [0.15, 0.2) is 0 Å². The van der Waals surface area contributed by atoms with Gasteiger partial charge >= 0.3 is 0 Å². The quantitative estimate of drug-likeness (QED) is 0.143. The summed E-state index contributed by atoms with van der Waals surface area (Å²) in [7, 11) is 0. The first-order chi connectivity index (χ1) is 33.7. The molecular formula is C67H45N. The second-order valence-corrected chi connectivity index (χ2v) is 18.1. The third-order valence-electron chi connectivity index (χ3n) is 14.0. The zero-order valence-corrected chi connectivity index (χ0v) is 37.5. The van der Waals surface area contributed by atoms with Crippen molar-refractivity contribution in [1.29, 1.82) is 0 Å². The van der Waals surface area contributed by atoms with Gasteiger partial charge in [0.05, 0.1) is 11.0 Å². The van der Waals surface area contributed by atoms with Crippen LogP contribution >= 0.6 is 0 Å². The number of fused-ring (bicyclic) bond motifs is 6. The van der Waals surface area contributed by atoms with Crippen molar-refractivity contribution in [2.45, 2.75) is 6.42 Å². The molecule has 1 heteroatoms. The van der Waals surface area contributed by atoms with Gasteiger partial charge in [0, 0.05) is 16.5 Å². The Kier molecular flexibility index (Phi) is 9.65. The van der Waals surface area contributed by atoms with Gasteiger partial charge in [0.25, 0.3) is 0 Å². The fourth-order valence-corrected chi connectivity index (χ4v) is 10.6. The van der Waals surface area contributed by atoms with Crippen molar-refractivity contribution in [2.24, 2.45) is 0 Å². The lowest BCUT2D eigenvalue weighted by atomic mass is 9.93. The highest BCUT2D eigenvalue weighted by molar-refractivity contribution is 6.10. The summed E-state index contributed by atoms with van der Waals surface area (Å²) in [5, 5.41) is 2.54. The van der Waals surface area contributed by atoms with Crippen LogP contribution in [0.2, 0.25) is 0 Å². The van der Waals surface area contributed by atoms with Gasteiger partial charge in [-0.3, -0.25) is 0 Å². The average Bonchev–Trinajstić information content (AvgIpc) is 3.96. The highest BCUT2D eigenvalue weighted by Crippen LogP contribution is 2.43. The summed E-state index contributed by atoms with van der Waals surface area (Å²) in [4.78, 5) is 0. The summed E-state index contributed by atoms with van der Waals surface area (Å²) in [6.45, 7) is 0. The topological polar surface area (TPSA) is 4.93 Å². The van der Waals surface area contributed by atoms with Crippen molar-refractivity contribution in [3.63, 3.8) is 0 Å². The highest BCUT2D eigenvalue weighted by atomic mass is 15.0. The molecule has 0 aliphatic heterocycles. The van der Waals surface area contributed by atoms with Gasteiger partial charge in [0.1, 0.15) is 0 Å². The fraction of sp³-hybridized carbons (Fsp3) is 0.0149. The van der Waals surface area contributed by atoms with Gasteiger partial charge in [-0.15, -0.1) is 0 Å². The van der Waals surface area contributed by atoms with Crippen LogP contribution in [0.25, 0.3) is 117 Å². The van der Waals surface area contributed by atoms with E-state index in [1.54, 1.807) is 0 Å². The first kappa shape index (κ1) is 39.6. The van der Waals surface area contributed by atoms with E-state index in [1.165, 1.54) is 128 Å². The predicted molar refractivity (Wildman–Crippen MR) is 287 cm³/mol. The molecule has 0 atom stereocenters. The van der Waals surface area contributed by atoms with E-state index in [0.717, 1.165) is 6.42 Å². The zero-order chi connectivity index (χ0) is 45.0. The second-order valence-electron chi connectivity index (χ2n) is 18.1. The van der Waals surface area contributed by atoms with Crippen LogP contribution in [0.15, 0.2) is 261 Å². The van der Waals surface area contributed by atoms with Crippen molar-refractivity contribution >= 4 is 21.8 Å². The number of aromatic nitrogens is 1. The standard InChI is InChI=1S/C67H45N/c1-3-14-45(15-4-1)47-18-9-19-48(36-47)49-20-10-21-50(37-49)51-22-11-23-52(38-51)53-24-12-25-54(39-53)55-26-13-27-56(40-55)58-30-31-59-41-60-32-34-61(44-64(60)63(59)42-58)68-66-29-8-7-28-62(66)65-43-57(33-35-67(65)68)46-16-5-2-6-17-46/h1-40,42-44H,41H2. The minimum atomic E-state index is 0.945. The third-order valence-corrected chi connectivity index (χ3v) is 14.0. The van der Waals surface area contributed by atoms with Crippen molar-refractivity contribution < 1.29 is 0 Å². The minimum absolute atomic E-state index is 0.945. The molecule has 68 heavy (non-hydrogen) atoms. The van der Waals surface area contributed by atoms with E-state index >= 15 is 0 Å². The van der Waals surface area contributed by atoms with E-state index in [0.29, 0.717) is 0 Å². The van der Waals surface area contributed by atoms with Crippen molar-refractivity contribution in [2.75, 3.05) is 0 Å². The largest absolute Gasteiger partial charge is 0.309 e. The second kappa shape index (κ2) is 16.6. The maximum Gasteiger partial charge on any atom is 0.0541 e. The van der Waals surface area contributed by atoms with Crippen LogP contribution in [0.5, 0.6) is 0 Å². The zero-order valence-electron chi connectivity index (χ0n) is 37.5. The summed E-state index contributed by atoms with van der Waals surface area (Å²) < 4.78 is 2.44. The number of nitrogens with zero attached hydrogens (tertiary/aromatic N) is 1. The fourth-order valence-electron chi connectivity index (χ4n) is 10.6. The SMILES string of the molecule is c1ccc(-c2cccc(-c3cccc(-c4cccc(-c5cccc(-c6cccc(-c7ccc8c(c7)-c7cc(-n9c%10ccccc%10c%10cc(-c%11ccccc%11)ccc%109)ccc7C8)c6)c5)c4)c3)c2)cc1. The molecule has 1 aliphatic carbocycles. The van der Waals surface area contributed by atoms with Gasteiger partial charge in [-0.2, -0.15) is 0 Å². The molecule has 0 bridgehead atoms. The van der Waals surface area contributed by atoms with Crippen LogP contribution in [-0.4, -0.2) is 4.57 Å². The minimum Gasteiger partial charge on any atom is -0.309 e. The van der Waals surface area contributed by atoms with Gasteiger partial charge in [-0.05, 0) is 173 Å². The Labute approximate surface area is 397 Å². The first-order valence-electron chi connectivity index (χ1n) is 23.6. The number of para-hydroxylation sites is 1. The summed E-state index contributed by atoms with van der Waals surface area (Å²) in [5.74, 6) is 0. The van der Waals surface area contributed by atoms with E-state index < -0.39 is 0 Å². The Morgan fingerprint density at radius 1 is 0.221 bits per heavy atom. The Morgan fingerprint density at radius 2 is 0.574 bits per heavy atom. The molecule has 0 saturated heterocycles. The molecule has 13 rings (SSSR count). The lowest BCUT2D eigenvalue weighted by Gasteiger charge is -2.12. The molecule has 0 saturated carbocycles. The first-order valence-corrected chi connectivity index (χ1v) is 23.6. The van der Waals surface area contributed by atoms with Crippen LogP contribution < -0.4 is 0 Å². The molecule has 318 valence electrons.